The molecule has 1 aliphatic rings. The minimum atomic E-state index is -0.234. The van der Waals surface area contributed by atoms with Crippen molar-refractivity contribution < 1.29 is 9.18 Å². The number of thiazole rings is 1. The van der Waals surface area contributed by atoms with Crippen LogP contribution in [0.1, 0.15) is 42.8 Å². The number of hydrogen-bond acceptors (Lipinski definition) is 3. The lowest BCUT2D eigenvalue weighted by Crippen LogP contribution is -2.41. The first-order valence-electron chi connectivity index (χ1n) is 8.10. The van der Waals surface area contributed by atoms with Crippen molar-refractivity contribution in [3.8, 4) is 0 Å². The molecule has 23 heavy (non-hydrogen) atoms. The van der Waals surface area contributed by atoms with Crippen LogP contribution in [0.4, 0.5) is 4.39 Å². The Morgan fingerprint density at radius 3 is 3.00 bits per heavy atom. The highest BCUT2D eigenvalue weighted by atomic mass is 32.1. The summed E-state index contributed by atoms with van der Waals surface area (Å²) in [6.07, 6.45) is 5.34. The average Bonchev–Trinajstić information content (AvgIpc) is 3.10. The van der Waals surface area contributed by atoms with Gasteiger partial charge in [-0.05, 0) is 37.3 Å². The summed E-state index contributed by atoms with van der Waals surface area (Å²) in [6, 6.07) is 6.78. The number of piperidine rings is 1. The number of aromatic nitrogens is 1. The van der Waals surface area contributed by atoms with Crippen LogP contribution in [0.15, 0.2) is 35.8 Å². The first-order chi connectivity index (χ1) is 11.2. The van der Waals surface area contributed by atoms with E-state index >= 15 is 0 Å². The minimum Gasteiger partial charge on any atom is -0.333 e. The van der Waals surface area contributed by atoms with Gasteiger partial charge in [-0.2, -0.15) is 0 Å². The predicted octanol–water partition coefficient (Wildman–Crippen LogP) is 4.21. The molecular formula is C18H21FN2OS. The molecule has 0 unspecified atom stereocenters. The summed E-state index contributed by atoms with van der Waals surface area (Å²) in [5.41, 5.74) is 0.608. The highest BCUT2D eigenvalue weighted by Crippen LogP contribution is 2.33. The highest BCUT2D eigenvalue weighted by Gasteiger charge is 2.32. The third-order valence-corrected chi connectivity index (χ3v) is 5.30. The van der Waals surface area contributed by atoms with Gasteiger partial charge in [-0.1, -0.05) is 25.1 Å². The molecule has 1 aliphatic heterocycles. The van der Waals surface area contributed by atoms with E-state index < -0.39 is 0 Å². The molecule has 5 heteroatoms. The zero-order valence-electron chi connectivity index (χ0n) is 13.2. The van der Waals surface area contributed by atoms with E-state index in [2.05, 4.69) is 4.98 Å². The van der Waals surface area contributed by atoms with Gasteiger partial charge in [0.25, 0.3) is 0 Å². The van der Waals surface area contributed by atoms with E-state index in [0.29, 0.717) is 12.0 Å². The van der Waals surface area contributed by atoms with Crippen LogP contribution in [-0.4, -0.2) is 22.3 Å². The third kappa shape index (κ3) is 3.61. The first-order valence-corrected chi connectivity index (χ1v) is 8.98. The van der Waals surface area contributed by atoms with Crippen LogP contribution in [0, 0.1) is 11.7 Å². The highest BCUT2D eigenvalue weighted by molar-refractivity contribution is 7.09. The lowest BCUT2D eigenvalue weighted by molar-refractivity contribution is -0.139. The summed E-state index contributed by atoms with van der Waals surface area (Å²) in [7, 11) is 0. The van der Waals surface area contributed by atoms with Gasteiger partial charge in [0, 0.05) is 24.0 Å². The van der Waals surface area contributed by atoms with Crippen LogP contribution in [0.3, 0.4) is 0 Å². The van der Waals surface area contributed by atoms with Crippen LogP contribution in [0.2, 0.25) is 0 Å². The number of likely N-dealkylation sites (tertiary alicyclic amines) is 1. The number of rotatable bonds is 4. The molecule has 1 fully saturated rings. The van der Waals surface area contributed by atoms with Gasteiger partial charge < -0.3 is 4.90 Å². The van der Waals surface area contributed by atoms with Gasteiger partial charge in [-0.25, -0.2) is 9.37 Å². The molecule has 0 spiro atoms. The summed E-state index contributed by atoms with van der Waals surface area (Å²) in [5, 5.41) is 2.96. The van der Waals surface area contributed by atoms with Crippen molar-refractivity contribution in [1.29, 1.82) is 0 Å². The Morgan fingerprint density at radius 1 is 1.43 bits per heavy atom. The van der Waals surface area contributed by atoms with Crippen molar-refractivity contribution in [1.82, 2.24) is 9.88 Å². The zero-order valence-corrected chi connectivity index (χ0v) is 14.1. The Kier molecular flexibility index (Phi) is 5.06. The second kappa shape index (κ2) is 7.21. The number of carbonyl (C=O) groups is 1. The van der Waals surface area contributed by atoms with Gasteiger partial charge in [0.05, 0.1) is 6.04 Å². The number of nitrogens with zero attached hydrogens (tertiary/aromatic N) is 2. The topological polar surface area (TPSA) is 33.2 Å². The second-order valence-electron chi connectivity index (χ2n) is 6.11. The van der Waals surface area contributed by atoms with Crippen molar-refractivity contribution in [3.63, 3.8) is 0 Å². The molecule has 1 saturated heterocycles. The van der Waals surface area contributed by atoms with Gasteiger partial charge >= 0.3 is 0 Å². The fourth-order valence-electron chi connectivity index (χ4n) is 3.22. The maximum atomic E-state index is 13.8. The number of benzene rings is 1. The van der Waals surface area contributed by atoms with Crippen LogP contribution < -0.4 is 0 Å². The first kappa shape index (κ1) is 16.1. The molecule has 0 aliphatic carbocycles. The molecule has 2 heterocycles. The fourth-order valence-corrected chi connectivity index (χ4v) is 4.00. The molecule has 0 bridgehead atoms. The van der Waals surface area contributed by atoms with Gasteiger partial charge in [0.1, 0.15) is 10.8 Å². The number of amides is 1. The van der Waals surface area contributed by atoms with E-state index in [1.807, 2.05) is 23.3 Å². The number of hydrogen-bond donors (Lipinski definition) is 0. The SMILES string of the molecule is C[C@@H](Cc1ccccc1F)C(=O)N1CCCC[C@@H]1c1nccs1. The average molecular weight is 332 g/mol. The van der Waals surface area contributed by atoms with E-state index in [9.17, 15) is 9.18 Å². The molecule has 2 atom stereocenters. The van der Waals surface area contributed by atoms with Crippen LogP contribution in [-0.2, 0) is 11.2 Å². The number of halogens is 1. The monoisotopic (exact) mass is 332 g/mol. The molecule has 0 N–H and O–H groups in total. The van der Waals surface area contributed by atoms with E-state index in [4.69, 9.17) is 0 Å². The largest absolute Gasteiger partial charge is 0.333 e. The molecule has 0 saturated carbocycles. The van der Waals surface area contributed by atoms with Crippen molar-refractivity contribution in [2.24, 2.45) is 5.92 Å². The summed E-state index contributed by atoms with van der Waals surface area (Å²) >= 11 is 1.60. The summed E-state index contributed by atoms with van der Waals surface area (Å²) in [4.78, 5) is 19.2. The maximum Gasteiger partial charge on any atom is 0.226 e. The third-order valence-electron chi connectivity index (χ3n) is 4.43. The summed E-state index contributed by atoms with van der Waals surface area (Å²) in [6.45, 7) is 2.66. The molecular weight excluding hydrogens is 311 g/mol. The van der Waals surface area contributed by atoms with Gasteiger partial charge in [-0.15, -0.1) is 11.3 Å². The van der Waals surface area contributed by atoms with Gasteiger partial charge in [0.2, 0.25) is 5.91 Å². The zero-order chi connectivity index (χ0) is 16.2. The molecule has 1 amide bonds. The molecule has 1 aromatic carbocycles. The lowest BCUT2D eigenvalue weighted by Gasteiger charge is -2.36. The Hall–Kier alpha value is -1.75. The van der Waals surface area contributed by atoms with Gasteiger partial charge in [-0.3, -0.25) is 4.79 Å². The van der Waals surface area contributed by atoms with Crippen molar-refractivity contribution in [3.05, 3.63) is 52.2 Å². The Labute approximate surface area is 140 Å². The Morgan fingerprint density at radius 2 is 2.26 bits per heavy atom. The quantitative estimate of drug-likeness (QED) is 0.840. The van der Waals surface area contributed by atoms with E-state index in [1.54, 1.807) is 29.7 Å². The second-order valence-corrected chi connectivity index (χ2v) is 7.04. The molecule has 122 valence electrons. The molecule has 3 nitrogen and oxygen atoms in total. The summed E-state index contributed by atoms with van der Waals surface area (Å²) < 4.78 is 13.8. The van der Waals surface area contributed by atoms with Crippen LogP contribution >= 0.6 is 11.3 Å². The van der Waals surface area contributed by atoms with E-state index in [1.165, 1.54) is 6.07 Å². The smallest absolute Gasteiger partial charge is 0.226 e. The lowest BCUT2D eigenvalue weighted by atomic mass is 9.96. The standard InChI is InChI=1S/C18H21FN2OS/c1-13(12-14-6-2-3-7-15(14)19)18(22)21-10-5-4-8-16(21)17-20-9-11-23-17/h2-3,6-7,9,11,13,16H,4-5,8,10,12H2,1H3/t13-,16+/m0/s1. The van der Waals surface area contributed by atoms with Gasteiger partial charge in [0.15, 0.2) is 0 Å². The molecule has 2 aromatic rings. The number of carbonyl (C=O) groups excluding carboxylic acids is 1. The molecule has 3 rings (SSSR count). The normalized spacial score (nSPS) is 19.6. The Balaban J connectivity index is 1.73. The van der Waals surface area contributed by atoms with Crippen molar-refractivity contribution in [2.45, 2.75) is 38.6 Å². The Bertz CT molecular complexity index is 659. The predicted molar refractivity (Wildman–Crippen MR) is 89.7 cm³/mol. The minimum absolute atomic E-state index is 0.0827. The van der Waals surface area contributed by atoms with E-state index in [-0.39, 0.29) is 23.7 Å². The van der Waals surface area contributed by atoms with Crippen LogP contribution in [0.25, 0.3) is 0 Å². The maximum absolute atomic E-state index is 13.8. The van der Waals surface area contributed by atoms with Crippen LogP contribution in [0.5, 0.6) is 0 Å². The summed E-state index contributed by atoms with van der Waals surface area (Å²) in [5.74, 6) is -0.358. The fraction of sp³-hybridized carbons (Fsp3) is 0.444. The van der Waals surface area contributed by atoms with E-state index in [0.717, 1.165) is 30.8 Å². The van der Waals surface area contributed by atoms with Crippen molar-refractivity contribution >= 4 is 17.2 Å². The molecule has 1 aromatic heterocycles. The molecule has 0 radical (unpaired) electrons. The van der Waals surface area contributed by atoms with Crippen molar-refractivity contribution in [2.75, 3.05) is 6.54 Å².